The fourth-order valence-corrected chi connectivity index (χ4v) is 3.65. The predicted molar refractivity (Wildman–Crippen MR) is 102 cm³/mol. The lowest BCUT2D eigenvalue weighted by atomic mass is 10.0. The van der Waals surface area contributed by atoms with Crippen molar-refractivity contribution in [2.75, 3.05) is 5.32 Å². The number of nitrogens with zero attached hydrogens (tertiary/aromatic N) is 1. The highest BCUT2D eigenvalue weighted by molar-refractivity contribution is 6.06. The lowest BCUT2D eigenvalue weighted by Gasteiger charge is -2.29. The second-order valence-electron chi connectivity index (χ2n) is 7.23. The molecule has 9 heteroatoms. The van der Waals surface area contributed by atoms with Crippen molar-refractivity contribution in [1.82, 2.24) is 10.2 Å². The number of imide groups is 1. The first-order chi connectivity index (χ1) is 13.9. The molecule has 1 aromatic carbocycles. The van der Waals surface area contributed by atoms with Crippen LogP contribution in [-0.4, -0.2) is 45.6 Å². The van der Waals surface area contributed by atoms with E-state index in [0.717, 1.165) is 0 Å². The minimum atomic E-state index is -0.848. The van der Waals surface area contributed by atoms with Crippen LogP contribution >= 0.6 is 0 Å². The van der Waals surface area contributed by atoms with Gasteiger partial charge >= 0.3 is 5.97 Å². The quantitative estimate of drug-likeness (QED) is 0.446. The highest BCUT2D eigenvalue weighted by atomic mass is 16.4. The third-order valence-electron chi connectivity index (χ3n) is 5.15. The van der Waals surface area contributed by atoms with Gasteiger partial charge in [-0.3, -0.25) is 29.3 Å². The molecule has 0 aromatic heterocycles. The highest BCUT2D eigenvalue weighted by Gasteiger charge is 2.39. The van der Waals surface area contributed by atoms with E-state index in [2.05, 4.69) is 10.6 Å². The average Bonchev–Trinajstić information content (AvgIpc) is 2.99. The number of unbranched alkanes of at least 4 members (excludes halogenated alkanes) is 2. The van der Waals surface area contributed by atoms with E-state index < -0.39 is 17.9 Å². The van der Waals surface area contributed by atoms with Gasteiger partial charge in [-0.15, -0.1) is 0 Å². The van der Waals surface area contributed by atoms with Crippen LogP contribution in [0.3, 0.4) is 0 Å². The number of rotatable bonds is 8. The summed E-state index contributed by atoms with van der Waals surface area (Å²) in [7, 11) is 0. The molecule has 1 fully saturated rings. The van der Waals surface area contributed by atoms with Gasteiger partial charge in [0.25, 0.3) is 5.91 Å². The Labute approximate surface area is 167 Å². The van der Waals surface area contributed by atoms with E-state index in [1.54, 1.807) is 18.2 Å². The van der Waals surface area contributed by atoms with Gasteiger partial charge in [0.15, 0.2) is 0 Å². The van der Waals surface area contributed by atoms with E-state index in [0.29, 0.717) is 36.1 Å². The molecule has 2 heterocycles. The number of carboxylic acid groups (broad SMARTS) is 1. The number of amides is 4. The summed E-state index contributed by atoms with van der Waals surface area (Å²) in [6.07, 6.45) is 2.56. The van der Waals surface area contributed by atoms with Crippen LogP contribution in [0.5, 0.6) is 0 Å². The Morgan fingerprint density at radius 1 is 1.14 bits per heavy atom. The molecule has 0 radical (unpaired) electrons. The van der Waals surface area contributed by atoms with Crippen molar-refractivity contribution >= 4 is 35.3 Å². The number of carbonyl (C=O) groups excluding carboxylic acids is 4. The molecular formula is C20H23N3O6. The van der Waals surface area contributed by atoms with Gasteiger partial charge in [0.1, 0.15) is 6.04 Å². The van der Waals surface area contributed by atoms with Crippen LogP contribution in [0.25, 0.3) is 0 Å². The lowest BCUT2D eigenvalue weighted by molar-refractivity contribution is -0.138. The number of aliphatic carboxylic acids is 1. The van der Waals surface area contributed by atoms with E-state index in [4.69, 9.17) is 5.11 Å². The average molecular weight is 401 g/mol. The summed E-state index contributed by atoms with van der Waals surface area (Å²) < 4.78 is 0. The van der Waals surface area contributed by atoms with Crippen molar-refractivity contribution in [2.24, 2.45) is 0 Å². The highest BCUT2D eigenvalue weighted by Crippen LogP contribution is 2.32. The zero-order valence-corrected chi connectivity index (χ0v) is 15.9. The maximum atomic E-state index is 12.8. The number of carbonyl (C=O) groups is 5. The monoisotopic (exact) mass is 401 g/mol. The summed E-state index contributed by atoms with van der Waals surface area (Å²) in [5.41, 5.74) is 1.62. The number of fused-ring (bicyclic) bond motifs is 1. The Balaban J connectivity index is 1.61. The topological polar surface area (TPSA) is 133 Å². The first-order valence-electron chi connectivity index (χ1n) is 9.65. The van der Waals surface area contributed by atoms with Crippen LogP contribution < -0.4 is 10.6 Å². The van der Waals surface area contributed by atoms with Gasteiger partial charge < -0.3 is 15.3 Å². The number of hydrogen-bond donors (Lipinski definition) is 3. The van der Waals surface area contributed by atoms with Gasteiger partial charge in [-0.1, -0.05) is 12.5 Å². The molecule has 29 heavy (non-hydrogen) atoms. The van der Waals surface area contributed by atoms with E-state index >= 15 is 0 Å². The molecule has 0 aliphatic carbocycles. The molecule has 9 nitrogen and oxygen atoms in total. The summed E-state index contributed by atoms with van der Waals surface area (Å²) in [6, 6.07) is 4.34. The fraction of sp³-hybridized carbons (Fsp3) is 0.450. The SMILES string of the molecule is O=C(O)CCCCCC(=O)Nc1cccc2c1CN(C1CCC(=O)NC1=O)C2=O. The van der Waals surface area contributed by atoms with Gasteiger partial charge in [0, 0.05) is 42.6 Å². The minimum Gasteiger partial charge on any atom is -0.481 e. The number of piperidine rings is 1. The molecule has 1 atom stereocenters. The second kappa shape index (κ2) is 8.85. The number of carboxylic acids is 1. The third-order valence-corrected chi connectivity index (χ3v) is 5.15. The van der Waals surface area contributed by atoms with Crippen molar-refractivity contribution in [3.05, 3.63) is 29.3 Å². The normalized spacial score (nSPS) is 18.4. The van der Waals surface area contributed by atoms with Crippen LogP contribution in [0.2, 0.25) is 0 Å². The molecule has 1 saturated heterocycles. The number of anilines is 1. The molecule has 1 unspecified atom stereocenters. The molecule has 1 aromatic rings. The lowest BCUT2D eigenvalue weighted by Crippen LogP contribution is -2.52. The molecule has 0 bridgehead atoms. The largest absolute Gasteiger partial charge is 0.481 e. The van der Waals surface area contributed by atoms with E-state index in [9.17, 15) is 24.0 Å². The zero-order valence-electron chi connectivity index (χ0n) is 15.9. The standard InChI is InChI=1S/C20H23N3O6/c24-16(7-2-1-3-8-18(26)27)21-14-6-4-5-12-13(14)11-23(20(12)29)15-9-10-17(25)22-19(15)28/h4-6,15H,1-3,7-11H2,(H,21,24)(H,26,27)(H,22,25,28). The Hall–Kier alpha value is -3.23. The predicted octanol–water partition coefficient (Wildman–Crippen LogP) is 1.42. The second-order valence-corrected chi connectivity index (χ2v) is 7.23. The van der Waals surface area contributed by atoms with E-state index in [1.807, 2.05) is 0 Å². The summed E-state index contributed by atoms with van der Waals surface area (Å²) in [5.74, 6) is -2.17. The molecule has 154 valence electrons. The first-order valence-corrected chi connectivity index (χ1v) is 9.65. The number of benzene rings is 1. The minimum absolute atomic E-state index is 0.0894. The van der Waals surface area contributed by atoms with Gasteiger partial charge in [0.2, 0.25) is 17.7 Å². The Morgan fingerprint density at radius 2 is 1.90 bits per heavy atom. The van der Waals surface area contributed by atoms with E-state index in [1.165, 1.54) is 4.90 Å². The molecule has 4 amide bonds. The van der Waals surface area contributed by atoms with Crippen molar-refractivity contribution < 1.29 is 29.1 Å². The molecule has 2 aliphatic heterocycles. The molecule has 3 N–H and O–H groups in total. The van der Waals surface area contributed by atoms with Crippen LogP contribution in [0.4, 0.5) is 5.69 Å². The summed E-state index contributed by atoms with van der Waals surface area (Å²) >= 11 is 0. The van der Waals surface area contributed by atoms with Crippen LogP contribution in [0.1, 0.15) is 60.9 Å². The van der Waals surface area contributed by atoms with Gasteiger partial charge in [-0.2, -0.15) is 0 Å². The zero-order chi connectivity index (χ0) is 21.0. The maximum Gasteiger partial charge on any atom is 0.303 e. The smallest absolute Gasteiger partial charge is 0.303 e. The van der Waals surface area contributed by atoms with Gasteiger partial charge in [0.05, 0.1) is 0 Å². The van der Waals surface area contributed by atoms with Crippen molar-refractivity contribution in [3.63, 3.8) is 0 Å². The van der Waals surface area contributed by atoms with Gasteiger partial charge in [-0.25, -0.2) is 0 Å². The molecule has 2 aliphatic rings. The fourth-order valence-electron chi connectivity index (χ4n) is 3.65. The van der Waals surface area contributed by atoms with E-state index in [-0.39, 0.29) is 49.9 Å². The van der Waals surface area contributed by atoms with Crippen LogP contribution in [0, 0.1) is 0 Å². The third kappa shape index (κ3) is 4.79. The summed E-state index contributed by atoms with van der Waals surface area (Å²) in [4.78, 5) is 60.4. The van der Waals surface area contributed by atoms with Crippen molar-refractivity contribution in [3.8, 4) is 0 Å². The molecule has 0 saturated carbocycles. The first kappa shape index (κ1) is 20.5. The summed E-state index contributed by atoms with van der Waals surface area (Å²) in [6.45, 7) is 0.190. The summed E-state index contributed by atoms with van der Waals surface area (Å²) in [5, 5.41) is 13.7. The number of hydrogen-bond acceptors (Lipinski definition) is 5. The van der Waals surface area contributed by atoms with Crippen molar-refractivity contribution in [1.29, 1.82) is 0 Å². The Morgan fingerprint density at radius 3 is 2.62 bits per heavy atom. The Bertz CT molecular complexity index is 866. The molecule has 0 spiro atoms. The maximum absolute atomic E-state index is 12.8. The molecular weight excluding hydrogens is 378 g/mol. The van der Waals surface area contributed by atoms with Crippen LogP contribution in [0.15, 0.2) is 18.2 Å². The van der Waals surface area contributed by atoms with Crippen molar-refractivity contribution in [2.45, 2.75) is 57.5 Å². The number of nitrogens with one attached hydrogen (secondary N) is 2. The Kier molecular flexibility index (Phi) is 6.26. The van der Waals surface area contributed by atoms with Gasteiger partial charge in [-0.05, 0) is 31.4 Å². The van der Waals surface area contributed by atoms with Crippen LogP contribution in [-0.2, 0) is 25.7 Å². The molecule has 3 rings (SSSR count).